The number of hydrogen-bond acceptors (Lipinski definition) is 6. The van der Waals surface area contributed by atoms with Gasteiger partial charge in [-0.1, -0.05) is 12.5 Å². The van der Waals surface area contributed by atoms with Crippen LogP contribution in [0.3, 0.4) is 0 Å². The van der Waals surface area contributed by atoms with Crippen molar-refractivity contribution in [1.82, 2.24) is 14.5 Å². The van der Waals surface area contributed by atoms with Gasteiger partial charge in [0.05, 0.1) is 36.6 Å². The molecule has 1 fully saturated rings. The van der Waals surface area contributed by atoms with E-state index in [1.54, 1.807) is 18.9 Å². The summed E-state index contributed by atoms with van der Waals surface area (Å²) in [5.74, 6) is 1.85. The average Bonchev–Trinajstić information content (AvgIpc) is 3.26. The number of amides is 1. The molecule has 36 heavy (non-hydrogen) atoms. The molecule has 0 radical (unpaired) electrons. The molecule has 5 rings (SSSR count). The van der Waals surface area contributed by atoms with Crippen molar-refractivity contribution in [2.45, 2.75) is 70.9 Å². The smallest absolute Gasteiger partial charge is 0.414 e. The van der Waals surface area contributed by atoms with Gasteiger partial charge in [-0.15, -0.1) is 0 Å². The molecule has 3 aromatic rings. The van der Waals surface area contributed by atoms with Crippen LogP contribution in [-0.2, 0) is 22.4 Å². The van der Waals surface area contributed by atoms with Crippen molar-refractivity contribution in [3.63, 3.8) is 0 Å². The van der Waals surface area contributed by atoms with Crippen LogP contribution in [0.4, 0.5) is 10.5 Å². The van der Waals surface area contributed by atoms with Crippen LogP contribution in [0.5, 0.6) is 5.88 Å². The second-order valence-corrected chi connectivity index (χ2v) is 10.0. The van der Waals surface area contributed by atoms with Gasteiger partial charge in [-0.3, -0.25) is 9.69 Å². The first-order chi connectivity index (χ1) is 17.4. The highest BCUT2D eigenvalue weighted by molar-refractivity contribution is 5.95. The highest BCUT2D eigenvalue weighted by atomic mass is 16.5. The van der Waals surface area contributed by atoms with Crippen molar-refractivity contribution in [2.24, 2.45) is 5.92 Å². The molecule has 1 aliphatic carbocycles. The summed E-state index contributed by atoms with van der Waals surface area (Å²) in [6, 6.07) is 10.1. The number of ether oxygens (including phenoxy) is 2. The standard InChI is InChI=1S/C28H34N4O4/c1-17-11-12-22-23(31(17)28(34)36-4)13-14-24-27(22)30-25(16-20-8-6-10-26(29-20)35-3)32(24)21-9-5-7-19(15-21)18(2)33/h6,8,10,13-14,17,19,21H,5,7,9,11-12,15-16H2,1-4H3/t17-,19+,21+/m0/s1. The van der Waals surface area contributed by atoms with Crippen molar-refractivity contribution in [2.75, 3.05) is 19.1 Å². The zero-order valence-electron chi connectivity index (χ0n) is 21.5. The average molecular weight is 491 g/mol. The first kappa shape index (κ1) is 24.3. The van der Waals surface area contributed by atoms with Crippen molar-refractivity contribution in [3.8, 4) is 5.88 Å². The second-order valence-electron chi connectivity index (χ2n) is 10.0. The summed E-state index contributed by atoms with van der Waals surface area (Å²) in [5, 5.41) is 0. The lowest BCUT2D eigenvalue weighted by atomic mass is 9.83. The molecule has 3 heterocycles. The van der Waals surface area contributed by atoms with Gasteiger partial charge < -0.3 is 14.0 Å². The molecule has 0 saturated heterocycles. The minimum Gasteiger partial charge on any atom is -0.481 e. The Balaban J connectivity index is 1.65. The number of Topliss-reactive ketones (excluding diaryl/α,β-unsaturated/α-hetero) is 1. The molecule has 2 aromatic heterocycles. The number of anilines is 1. The molecule has 0 spiro atoms. The summed E-state index contributed by atoms with van der Waals surface area (Å²) < 4.78 is 12.8. The van der Waals surface area contributed by atoms with Crippen LogP contribution in [0.15, 0.2) is 30.3 Å². The SMILES string of the molecule is COC(=O)N1c2ccc3c(nc(Cc4cccc(OC)n4)n3[C@@H]3CCC[C@@H](C(C)=O)C3)c2CC[C@@H]1C. The lowest BCUT2D eigenvalue weighted by Crippen LogP contribution is -2.42. The number of nitrogens with zero attached hydrogens (tertiary/aromatic N) is 4. The monoisotopic (exact) mass is 490 g/mol. The van der Waals surface area contributed by atoms with Gasteiger partial charge >= 0.3 is 6.09 Å². The van der Waals surface area contributed by atoms with Gasteiger partial charge in [0.15, 0.2) is 0 Å². The van der Waals surface area contributed by atoms with Gasteiger partial charge in [0.2, 0.25) is 5.88 Å². The van der Waals surface area contributed by atoms with Crippen LogP contribution in [-0.4, -0.2) is 46.7 Å². The van der Waals surface area contributed by atoms with E-state index in [9.17, 15) is 9.59 Å². The quantitative estimate of drug-likeness (QED) is 0.485. The molecule has 8 nitrogen and oxygen atoms in total. The number of fused-ring (bicyclic) bond motifs is 3. The molecule has 1 amide bonds. The van der Waals surface area contributed by atoms with Gasteiger partial charge in [-0.2, -0.15) is 0 Å². The van der Waals surface area contributed by atoms with Crippen LogP contribution < -0.4 is 9.64 Å². The fourth-order valence-electron chi connectivity index (χ4n) is 5.95. The van der Waals surface area contributed by atoms with Crippen LogP contribution in [0.1, 0.15) is 69.1 Å². The third-order valence-electron chi connectivity index (χ3n) is 7.82. The number of ketones is 1. The Kier molecular flexibility index (Phi) is 6.69. The number of aromatic nitrogens is 3. The maximum absolute atomic E-state index is 12.6. The number of benzene rings is 1. The number of carbonyl (C=O) groups is 2. The highest BCUT2D eigenvalue weighted by Crippen LogP contribution is 2.41. The largest absolute Gasteiger partial charge is 0.481 e. The van der Waals surface area contributed by atoms with Crippen molar-refractivity contribution < 1.29 is 19.1 Å². The Morgan fingerprint density at radius 1 is 1.08 bits per heavy atom. The molecule has 8 heteroatoms. The Morgan fingerprint density at radius 2 is 1.92 bits per heavy atom. The summed E-state index contributed by atoms with van der Waals surface area (Å²) >= 11 is 0. The number of rotatable bonds is 5. The molecule has 0 unspecified atom stereocenters. The molecule has 1 aliphatic heterocycles. The van der Waals surface area contributed by atoms with E-state index in [0.717, 1.165) is 72.3 Å². The number of pyridine rings is 1. The molecule has 3 atom stereocenters. The van der Waals surface area contributed by atoms with Crippen molar-refractivity contribution >= 4 is 28.6 Å². The Bertz CT molecular complexity index is 1300. The van der Waals surface area contributed by atoms with E-state index in [2.05, 4.69) is 15.6 Å². The lowest BCUT2D eigenvalue weighted by molar-refractivity contribution is -0.122. The molecule has 0 bridgehead atoms. The summed E-state index contributed by atoms with van der Waals surface area (Å²) in [6.07, 6.45) is 5.69. The van der Waals surface area contributed by atoms with E-state index in [-0.39, 0.29) is 29.9 Å². The maximum Gasteiger partial charge on any atom is 0.414 e. The molecular weight excluding hydrogens is 456 g/mol. The van der Waals surface area contributed by atoms with Gasteiger partial charge in [0, 0.05) is 36.1 Å². The van der Waals surface area contributed by atoms with E-state index < -0.39 is 0 Å². The summed E-state index contributed by atoms with van der Waals surface area (Å²) in [4.78, 5) is 36.5. The predicted octanol–water partition coefficient (Wildman–Crippen LogP) is 5.26. The first-order valence-electron chi connectivity index (χ1n) is 12.8. The van der Waals surface area contributed by atoms with Gasteiger partial charge in [0.1, 0.15) is 11.6 Å². The zero-order chi connectivity index (χ0) is 25.4. The number of methoxy groups -OCH3 is 2. The fraction of sp³-hybridized carbons (Fsp3) is 0.500. The van der Waals surface area contributed by atoms with Gasteiger partial charge in [-0.05, 0) is 64.2 Å². The highest BCUT2D eigenvalue weighted by Gasteiger charge is 2.33. The zero-order valence-corrected chi connectivity index (χ0v) is 21.5. The second kappa shape index (κ2) is 9.91. The number of carbonyl (C=O) groups excluding carboxylic acids is 2. The van der Waals surface area contributed by atoms with E-state index in [0.29, 0.717) is 12.3 Å². The summed E-state index contributed by atoms with van der Waals surface area (Å²) in [5.41, 5.74) is 4.81. The van der Waals surface area contributed by atoms with Crippen LogP contribution in [0.2, 0.25) is 0 Å². The molecule has 0 N–H and O–H groups in total. The third-order valence-corrected chi connectivity index (χ3v) is 7.82. The number of hydrogen-bond donors (Lipinski definition) is 0. The predicted molar refractivity (Wildman–Crippen MR) is 138 cm³/mol. The first-order valence-corrected chi connectivity index (χ1v) is 12.8. The fourth-order valence-corrected chi connectivity index (χ4v) is 5.95. The van der Waals surface area contributed by atoms with Gasteiger partial charge in [0.25, 0.3) is 0 Å². The van der Waals surface area contributed by atoms with E-state index >= 15 is 0 Å². The topological polar surface area (TPSA) is 86.5 Å². The maximum atomic E-state index is 12.6. The van der Waals surface area contributed by atoms with Crippen molar-refractivity contribution in [1.29, 1.82) is 0 Å². The van der Waals surface area contributed by atoms with E-state index in [4.69, 9.17) is 14.5 Å². The minimum absolute atomic E-state index is 0.0552. The molecular formula is C28H34N4O4. The normalized spacial score (nSPS) is 21.8. The summed E-state index contributed by atoms with van der Waals surface area (Å²) in [7, 11) is 3.04. The van der Waals surface area contributed by atoms with Crippen molar-refractivity contribution in [3.05, 3.63) is 47.4 Å². The Labute approximate surface area is 211 Å². The van der Waals surface area contributed by atoms with E-state index in [1.807, 2.05) is 31.2 Å². The molecule has 1 aromatic carbocycles. The van der Waals surface area contributed by atoms with E-state index in [1.165, 1.54) is 7.11 Å². The Hall–Kier alpha value is -3.42. The van der Waals surface area contributed by atoms with Crippen LogP contribution >= 0.6 is 0 Å². The molecule has 2 aliphatic rings. The van der Waals surface area contributed by atoms with Gasteiger partial charge in [-0.25, -0.2) is 14.8 Å². The number of imidazole rings is 1. The third kappa shape index (κ3) is 4.33. The minimum atomic E-state index is -0.348. The molecule has 1 saturated carbocycles. The van der Waals surface area contributed by atoms with Crippen LogP contribution in [0.25, 0.3) is 11.0 Å². The number of aryl methyl sites for hydroxylation is 1. The lowest BCUT2D eigenvalue weighted by Gasteiger charge is -2.34. The summed E-state index contributed by atoms with van der Waals surface area (Å²) in [6.45, 7) is 3.76. The molecule has 190 valence electrons. The van der Waals surface area contributed by atoms with Crippen LogP contribution in [0, 0.1) is 5.92 Å². The Morgan fingerprint density at radius 3 is 2.67 bits per heavy atom.